The number of aromatic nitrogens is 1. The summed E-state index contributed by atoms with van der Waals surface area (Å²) in [6.45, 7) is 5.30. The minimum absolute atomic E-state index is 0.00863. The molecule has 1 heterocycles. The number of aliphatic hydroxyl groups is 1. The Hall–Kier alpha value is -3.91. The third-order valence-corrected chi connectivity index (χ3v) is 7.17. The number of ether oxygens (including phenoxy) is 1. The van der Waals surface area contributed by atoms with E-state index in [2.05, 4.69) is 21.2 Å². The van der Waals surface area contributed by atoms with Gasteiger partial charge in [-0.05, 0) is 54.1 Å². The number of amides is 3. The van der Waals surface area contributed by atoms with Gasteiger partial charge in [-0.3, -0.25) is 24.9 Å². The molecule has 0 fully saturated rings. The first-order valence-electron chi connectivity index (χ1n) is 13.9. The number of aliphatic hydroxyl groups excluding tert-OH is 1. The van der Waals surface area contributed by atoms with Crippen molar-refractivity contribution in [3.05, 3.63) is 70.9 Å². The largest absolute Gasteiger partial charge is 0.447 e. The predicted molar refractivity (Wildman–Crippen MR) is 162 cm³/mol. The lowest BCUT2D eigenvalue weighted by Crippen LogP contribution is -2.51. The number of nitrogens with zero attached hydrogens (tertiary/aromatic N) is 3. The summed E-state index contributed by atoms with van der Waals surface area (Å²) in [6.07, 6.45) is 1.95. The van der Waals surface area contributed by atoms with Gasteiger partial charge in [-0.2, -0.15) is 0 Å². The van der Waals surface area contributed by atoms with Crippen LogP contribution in [0.5, 0.6) is 0 Å². The zero-order chi connectivity index (χ0) is 32.3. The van der Waals surface area contributed by atoms with E-state index in [0.29, 0.717) is 42.1 Å². The highest BCUT2D eigenvalue weighted by Gasteiger charge is 2.24. The first-order chi connectivity index (χ1) is 20.9. The van der Waals surface area contributed by atoms with Gasteiger partial charge in [0.05, 0.1) is 11.1 Å². The fraction of sp³-hybridized carbons (Fsp3) is 0.400. The zero-order valence-corrected chi connectivity index (χ0v) is 25.5. The van der Waals surface area contributed by atoms with Crippen LogP contribution in [0.4, 0.5) is 19.4 Å². The maximum Gasteiger partial charge on any atom is 0.412 e. The fourth-order valence-corrected chi connectivity index (χ4v) is 4.36. The summed E-state index contributed by atoms with van der Waals surface area (Å²) in [7, 11) is 0. The van der Waals surface area contributed by atoms with Crippen LogP contribution >= 0.6 is 11.6 Å². The molecule has 4 N–H and O–H groups in total. The molecule has 2 aromatic carbocycles. The molecule has 0 saturated heterocycles. The number of carbonyl (C=O) groups is 3. The highest BCUT2D eigenvalue weighted by molar-refractivity contribution is 6.31. The first-order valence-corrected chi connectivity index (χ1v) is 14.3. The topological polar surface area (TPSA) is 136 Å². The standard InChI is InChI=1S/C30H37ClF2N6O5/c1-20(42)39(35-15-22-6-4-8-26(33)28(22)31)25(7-5-11-38(19-41)36-17-30(2,3)18-40)16-44-29(43)37-27-13-23-12-24(32)10-9-21(23)14-34-27/h4,6,8-10,12-14,19,25,35-36,40H,5,7,11,15-18H2,1-3H3,(H,34,37,43)/t25-/m0/s1. The number of pyridine rings is 1. The molecule has 0 spiro atoms. The van der Waals surface area contributed by atoms with Gasteiger partial charge in [-0.15, -0.1) is 0 Å². The second-order valence-electron chi connectivity index (χ2n) is 11.0. The first kappa shape index (κ1) is 34.6. The van der Waals surface area contributed by atoms with E-state index < -0.39 is 35.1 Å². The van der Waals surface area contributed by atoms with Gasteiger partial charge in [0, 0.05) is 50.2 Å². The van der Waals surface area contributed by atoms with Crippen molar-refractivity contribution in [2.24, 2.45) is 5.41 Å². The van der Waals surface area contributed by atoms with Gasteiger partial charge < -0.3 is 9.84 Å². The number of hydrogen-bond donors (Lipinski definition) is 4. The quantitative estimate of drug-likeness (QED) is 0.135. The molecule has 3 aromatic rings. The van der Waals surface area contributed by atoms with Crippen molar-refractivity contribution in [2.75, 3.05) is 31.6 Å². The van der Waals surface area contributed by atoms with E-state index in [1.54, 1.807) is 12.1 Å². The summed E-state index contributed by atoms with van der Waals surface area (Å²) in [5.41, 5.74) is 5.89. The molecule has 1 aromatic heterocycles. The third kappa shape index (κ3) is 10.4. The summed E-state index contributed by atoms with van der Waals surface area (Å²) in [4.78, 5) is 41.2. The molecule has 3 amide bonds. The van der Waals surface area contributed by atoms with E-state index in [0.717, 1.165) is 0 Å². The molecule has 0 aliphatic carbocycles. The lowest BCUT2D eigenvalue weighted by Gasteiger charge is -2.32. The minimum atomic E-state index is -0.850. The van der Waals surface area contributed by atoms with Crippen LogP contribution in [0.3, 0.4) is 0 Å². The average molecular weight is 635 g/mol. The van der Waals surface area contributed by atoms with E-state index in [-0.39, 0.29) is 37.1 Å². The Bertz CT molecular complexity index is 1450. The molecular weight excluding hydrogens is 598 g/mol. The van der Waals surface area contributed by atoms with Crippen LogP contribution in [0.15, 0.2) is 48.7 Å². The van der Waals surface area contributed by atoms with Gasteiger partial charge in [0.25, 0.3) is 0 Å². The molecular formula is C30H37ClF2N6O5. The molecule has 0 bridgehead atoms. The SMILES string of the molecule is CC(=O)N(NCc1cccc(F)c1Cl)[C@@H](CCCN(C=O)NCC(C)(C)CO)COC(=O)Nc1cc2cc(F)ccc2cn1. The van der Waals surface area contributed by atoms with E-state index in [4.69, 9.17) is 16.3 Å². The molecule has 3 rings (SSSR count). The molecule has 0 unspecified atom stereocenters. The number of rotatable bonds is 16. The van der Waals surface area contributed by atoms with Crippen molar-refractivity contribution >= 4 is 46.6 Å². The van der Waals surface area contributed by atoms with Crippen molar-refractivity contribution in [2.45, 2.75) is 46.2 Å². The van der Waals surface area contributed by atoms with Crippen molar-refractivity contribution < 1.29 is 33.0 Å². The minimum Gasteiger partial charge on any atom is -0.447 e. The van der Waals surface area contributed by atoms with Gasteiger partial charge in [0.15, 0.2) is 0 Å². The number of halogens is 3. The van der Waals surface area contributed by atoms with Gasteiger partial charge in [0.2, 0.25) is 12.3 Å². The fourth-order valence-electron chi connectivity index (χ4n) is 4.17. The molecule has 1 atom stereocenters. The van der Waals surface area contributed by atoms with Crippen LogP contribution in [0.2, 0.25) is 5.02 Å². The highest BCUT2D eigenvalue weighted by Crippen LogP contribution is 2.21. The molecule has 0 aliphatic heterocycles. The Kier molecular flexibility index (Phi) is 12.8. The van der Waals surface area contributed by atoms with Gasteiger partial charge in [0.1, 0.15) is 24.1 Å². The monoisotopic (exact) mass is 634 g/mol. The smallest absolute Gasteiger partial charge is 0.412 e. The Labute approximate surface area is 259 Å². The Morgan fingerprint density at radius 3 is 2.64 bits per heavy atom. The second-order valence-corrected chi connectivity index (χ2v) is 11.4. The van der Waals surface area contributed by atoms with Crippen molar-refractivity contribution in [1.82, 2.24) is 25.9 Å². The van der Waals surface area contributed by atoms with E-state index in [1.165, 1.54) is 53.5 Å². The van der Waals surface area contributed by atoms with Gasteiger partial charge >= 0.3 is 6.09 Å². The van der Waals surface area contributed by atoms with Crippen molar-refractivity contribution in [1.29, 1.82) is 0 Å². The molecule has 11 nitrogen and oxygen atoms in total. The van der Waals surface area contributed by atoms with Crippen LogP contribution in [0.25, 0.3) is 10.8 Å². The summed E-state index contributed by atoms with van der Waals surface area (Å²) < 4.78 is 33.1. The normalized spacial score (nSPS) is 12.1. The third-order valence-electron chi connectivity index (χ3n) is 6.75. The number of fused-ring (bicyclic) bond motifs is 1. The predicted octanol–water partition coefficient (Wildman–Crippen LogP) is 4.40. The molecule has 44 heavy (non-hydrogen) atoms. The summed E-state index contributed by atoms with van der Waals surface area (Å²) in [6, 6.07) is 9.32. The number of hydrazine groups is 2. The number of hydrogen-bond acceptors (Lipinski definition) is 8. The van der Waals surface area contributed by atoms with Gasteiger partial charge in [-0.1, -0.05) is 37.6 Å². The van der Waals surface area contributed by atoms with E-state index in [1.807, 2.05) is 13.8 Å². The second kappa shape index (κ2) is 16.2. The summed E-state index contributed by atoms with van der Waals surface area (Å²) in [5, 5.41) is 15.7. The zero-order valence-electron chi connectivity index (χ0n) is 24.8. The van der Waals surface area contributed by atoms with Crippen LogP contribution in [-0.4, -0.2) is 70.9 Å². The molecule has 0 aliphatic rings. The molecule has 238 valence electrons. The molecule has 14 heteroatoms. The van der Waals surface area contributed by atoms with Gasteiger partial charge in [-0.25, -0.2) is 29.4 Å². The van der Waals surface area contributed by atoms with Crippen molar-refractivity contribution in [3.8, 4) is 0 Å². The van der Waals surface area contributed by atoms with Crippen LogP contribution in [-0.2, 0) is 20.9 Å². The number of anilines is 1. The number of benzene rings is 2. The number of nitrogens with one attached hydrogen (secondary N) is 3. The van der Waals surface area contributed by atoms with E-state index in [9.17, 15) is 28.3 Å². The Morgan fingerprint density at radius 1 is 1.16 bits per heavy atom. The van der Waals surface area contributed by atoms with E-state index >= 15 is 0 Å². The average Bonchev–Trinajstić information content (AvgIpc) is 2.98. The highest BCUT2D eigenvalue weighted by atomic mass is 35.5. The Morgan fingerprint density at radius 2 is 1.93 bits per heavy atom. The maximum atomic E-state index is 14.0. The van der Waals surface area contributed by atoms with Crippen LogP contribution < -0.4 is 16.2 Å². The summed E-state index contributed by atoms with van der Waals surface area (Å²) in [5.74, 6) is -1.30. The summed E-state index contributed by atoms with van der Waals surface area (Å²) >= 11 is 6.08. The molecule has 0 radical (unpaired) electrons. The van der Waals surface area contributed by atoms with Crippen LogP contribution in [0, 0.1) is 17.0 Å². The Balaban J connectivity index is 1.69. The lowest BCUT2D eigenvalue weighted by atomic mass is 9.95. The molecule has 0 saturated carbocycles. The van der Waals surface area contributed by atoms with Crippen molar-refractivity contribution in [3.63, 3.8) is 0 Å². The lowest BCUT2D eigenvalue weighted by molar-refractivity contribution is -0.136. The van der Waals surface area contributed by atoms with Crippen LogP contribution in [0.1, 0.15) is 39.2 Å². The number of carbonyl (C=O) groups excluding carboxylic acids is 3. The maximum absolute atomic E-state index is 14.0.